The lowest BCUT2D eigenvalue weighted by atomic mass is 9.96. The Labute approximate surface area is 109 Å². The average Bonchev–Trinajstić information content (AvgIpc) is 2.86. The van der Waals surface area contributed by atoms with E-state index in [1.807, 2.05) is 12.1 Å². The predicted molar refractivity (Wildman–Crippen MR) is 74.2 cm³/mol. The van der Waals surface area contributed by atoms with Crippen LogP contribution in [0.4, 0.5) is 5.69 Å². The molecule has 2 rings (SSSR count). The van der Waals surface area contributed by atoms with E-state index in [9.17, 15) is 0 Å². The van der Waals surface area contributed by atoms with Gasteiger partial charge < -0.3 is 14.7 Å². The second kappa shape index (κ2) is 6.10. The van der Waals surface area contributed by atoms with Crippen molar-refractivity contribution in [2.45, 2.75) is 19.8 Å². The molecular formula is C15H23NO2. The van der Waals surface area contributed by atoms with E-state index in [1.54, 1.807) is 7.11 Å². The Morgan fingerprint density at radius 1 is 1.44 bits per heavy atom. The number of anilines is 1. The predicted octanol–water partition coefficient (Wildman–Crippen LogP) is 2.54. The number of aliphatic hydroxyl groups is 1. The minimum absolute atomic E-state index is 0.297. The lowest BCUT2D eigenvalue weighted by molar-refractivity contribution is 0.215. The molecule has 3 heteroatoms. The molecule has 1 aliphatic heterocycles. The van der Waals surface area contributed by atoms with Crippen molar-refractivity contribution in [2.75, 3.05) is 31.7 Å². The Balaban J connectivity index is 2.00. The van der Waals surface area contributed by atoms with Gasteiger partial charge in [0.05, 0.1) is 12.8 Å². The van der Waals surface area contributed by atoms with Crippen molar-refractivity contribution >= 4 is 5.69 Å². The van der Waals surface area contributed by atoms with E-state index in [2.05, 4.69) is 24.0 Å². The molecule has 2 atom stereocenters. The molecule has 100 valence electrons. The molecule has 0 amide bonds. The van der Waals surface area contributed by atoms with Crippen molar-refractivity contribution in [1.82, 2.24) is 0 Å². The molecular weight excluding hydrogens is 226 g/mol. The van der Waals surface area contributed by atoms with Gasteiger partial charge in [0.15, 0.2) is 0 Å². The van der Waals surface area contributed by atoms with Gasteiger partial charge >= 0.3 is 0 Å². The Bertz CT molecular complexity index is 381. The van der Waals surface area contributed by atoms with Gasteiger partial charge in [-0.1, -0.05) is 19.1 Å². The fourth-order valence-electron chi connectivity index (χ4n) is 2.78. The summed E-state index contributed by atoms with van der Waals surface area (Å²) in [5.41, 5.74) is 1.19. The summed E-state index contributed by atoms with van der Waals surface area (Å²) in [6.45, 7) is 4.57. The first-order chi connectivity index (χ1) is 8.74. The quantitative estimate of drug-likeness (QED) is 0.870. The zero-order valence-corrected chi connectivity index (χ0v) is 11.3. The highest BCUT2D eigenvalue weighted by Gasteiger charge is 2.25. The van der Waals surface area contributed by atoms with Crippen LogP contribution in [0.5, 0.6) is 5.75 Å². The number of nitrogens with zero attached hydrogens (tertiary/aromatic N) is 1. The van der Waals surface area contributed by atoms with E-state index in [0.717, 1.165) is 25.3 Å². The van der Waals surface area contributed by atoms with Crippen LogP contribution < -0.4 is 9.64 Å². The van der Waals surface area contributed by atoms with Gasteiger partial charge in [0.2, 0.25) is 0 Å². The standard InChI is InChI=1S/C15H23NO2/c1-12(11-17)9-13-7-8-16(10-13)14-5-3-4-6-15(14)18-2/h3-6,12-13,17H,7-11H2,1-2H3. The number of ether oxygens (including phenoxy) is 1. The second-order valence-electron chi connectivity index (χ2n) is 5.30. The third-order valence-corrected chi connectivity index (χ3v) is 3.76. The van der Waals surface area contributed by atoms with Crippen LogP contribution in [0.3, 0.4) is 0 Å². The lowest BCUT2D eigenvalue weighted by Gasteiger charge is -2.21. The number of para-hydroxylation sites is 2. The number of hydrogen-bond donors (Lipinski definition) is 1. The molecule has 0 bridgehead atoms. The van der Waals surface area contributed by atoms with Crippen LogP contribution in [0.1, 0.15) is 19.8 Å². The van der Waals surface area contributed by atoms with Crippen LogP contribution in [0.25, 0.3) is 0 Å². The highest BCUT2D eigenvalue weighted by atomic mass is 16.5. The van der Waals surface area contributed by atoms with Crippen molar-refractivity contribution in [3.05, 3.63) is 24.3 Å². The highest BCUT2D eigenvalue weighted by Crippen LogP contribution is 2.33. The Kier molecular flexibility index (Phi) is 4.48. The third-order valence-electron chi connectivity index (χ3n) is 3.76. The third kappa shape index (κ3) is 2.96. The summed E-state index contributed by atoms with van der Waals surface area (Å²) >= 11 is 0. The van der Waals surface area contributed by atoms with Gasteiger partial charge in [-0.05, 0) is 36.8 Å². The minimum Gasteiger partial charge on any atom is -0.495 e. The molecule has 0 radical (unpaired) electrons. The SMILES string of the molecule is COc1ccccc1N1CCC(CC(C)CO)C1. The molecule has 1 heterocycles. The van der Waals surface area contributed by atoms with Gasteiger partial charge in [-0.3, -0.25) is 0 Å². The highest BCUT2D eigenvalue weighted by molar-refractivity contribution is 5.58. The van der Waals surface area contributed by atoms with Gasteiger partial charge in [-0.25, -0.2) is 0 Å². The summed E-state index contributed by atoms with van der Waals surface area (Å²) in [5, 5.41) is 9.13. The molecule has 1 aromatic carbocycles. The maximum Gasteiger partial charge on any atom is 0.142 e. The Hall–Kier alpha value is -1.22. The van der Waals surface area contributed by atoms with Crippen LogP contribution in [-0.4, -0.2) is 31.9 Å². The number of aliphatic hydroxyl groups excluding tert-OH is 1. The largest absolute Gasteiger partial charge is 0.495 e. The average molecular weight is 249 g/mol. The Morgan fingerprint density at radius 3 is 2.94 bits per heavy atom. The lowest BCUT2D eigenvalue weighted by Crippen LogP contribution is -2.21. The van der Waals surface area contributed by atoms with Crippen LogP contribution in [-0.2, 0) is 0 Å². The molecule has 0 saturated carbocycles. The van der Waals surface area contributed by atoms with E-state index in [1.165, 1.54) is 12.1 Å². The maximum absolute atomic E-state index is 9.13. The van der Waals surface area contributed by atoms with E-state index in [0.29, 0.717) is 18.4 Å². The summed E-state index contributed by atoms with van der Waals surface area (Å²) in [6, 6.07) is 8.20. The number of hydrogen-bond acceptors (Lipinski definition) is 3. The van der Waals surface area contributed by atoms with E-state index < -0.39 is 0 Å². The molecule has 0 aromatic heterocycles. The van der Waals surface area contributed by atoms with Crippen LogP contribution in [0, 0.1) is 11.8 Å². The van der Waals surface area contributed by atoms with Crippen LogP contribution in [0.15, 0.2) is 24.3 Å². The molecule has 1 saturated heterocycles. The molecule has 18 heavy (non-hydrogen) atoms. The topological polar surface area (TPSA) is 32.7 Å². The number of methoxy groups -OCH3 is 1. The molecule has 3 nitrogen and oxygen atoms in total. The summed E-state index contributed by atoms with van der Waals surface area (Å²) in [7, 11) is 1.72. The van der Waals surface area contributed by atoms with Crippen LogP contribution >= 0.6 is 0 Å². The summed E-state index contributed by atoms with van der Waals surface area (Å²) in [6.07, 6.45) is 2.32. The monoisotopic (exact) mass is 249 g/mol. The van der Waals surface area contributed by atoms with Gasteiger partial charge in [0.1, 0.15) is 5.75 Å². The van der Waals surface area contributed by atoms with Crippen molar-refractivity contribution in [1.29, 1.82) is 0 Å². The molecule has 1 N–H and O–H groups in total. The van der Waals surface area contributed by atoms with Crippen molar-refractivity contribution in [2.24, 2.45) is 11.8 Å². The van der Waals surface area contributed by atoms with Gasteiger partial charge in [-0.2, -0.15) is 0 Å². The van der Waals surface area contributed by atoms with Gasteiger partial charge in [-0.15, -0.1) is 0 Å². The minimum atomic E-state index is 0.297. The zero-order chi connectivity index (χ0) is 13.0. The normalized spacial score (nSPS) is 21.1. The summed E-state index contributed by atoms with van der Waals surface area (Å²) in [4.78, 5) is 2.40. The molecule has 1 aliphatic rings. The number of rotatable bonds is 5. The summed E-state index contributed by atoms with van der Waals surface area (Å²) < 4.78 is 5.41. The summed E-state index contributed by atoms with van der Waals surface area (Å²) in [5.74, 6) is 2.05. The first-order valence-electron chi connectivity index (χ1n) is 6.73. The van der Waals surface area contributed by atoms with E-state index in [-0.39, 0.29) is 0 Å². The van der Waals surface area contributed by atoms with E-state index >= 15 is 0 Å². The van der Waals surface area contributed by atoms with Crippen molar-refractivity contribution in [3.8, 4) is 5.75 Å². The molecule has 1 fully saturated rings. The first kappa shape index (κ1) is 13.2. The number of benzene rings is 1. The second-order valence-corrected chi connectivity index (χ2v) is 5.30. The van der Waals surface area contributed by atoms with Gasteiger partial charge in [0.25, 0.3) is 0 Å². The molecule has 0 aliphatic carbocycles. The van der Waals surface area contributed by atoms with Crippen molar-refractivity contribution < 1.29 is 9.84 Å². The Morgan fingerprint density at radius 2 is 2.22 bits per heavy atom. The maximum atomic E-state index is 9.13. The molecule has 2 unspecified atom stereocenters. The first-order valence-corrected chi connectivity index (χ1v) is 6.73. The fraction of sp³-hybridized carbons (Fsp3) is 0.600. The smallest absolute Gasteiger partial charge is 0.142 e. The fourth-order valence-corrected chi connectivity index (χ4v) is 2.78. The zero-order valence-electron chi connectivity index (χ0n) is 11.3. The molecule has 0 spiro atoms. The molecule has 1 aromatic rings. The van der Waals surface area contributed by atoms with E-state index in [4.69, 9.17) is 9.84 Å². The van der Waals surface area contributed by atoms with Gasteiger partial charge in [0, 0.05) is 19.7 Å². The van der Waals surface area contributed by atoms with Crippen LogP contribution in [0.2, 0.25) is 0 Å². The van der Waals surface area contributed by atoms with Crippen molar-refractivity contribution in [3.63, 3.8) is 0 Å².